The van der Waals surface area contributed by atoms with Crippen LogP contribution in [0, 0.1) is 11.3 Å². The van der Waals surface area contributed by atoms with Crippen molar-refractivity contribution in [2.45, 2.75) is 25.5 Å². The molecule has 0 aliphatic carbocycles. The molecule has 2 aromatic heterocycles. The predicted molar refractivity (Wildman–Crippen MR) is 82.9 cm³/mol. The van der Waals surface area contributed by atoms with E-state index in [4.69, 9.17) is 16.3 Å². The van der Waals surface area contributed by atoms with Crippen LogP contribution in [0.1, 0.15) is 40.6 Å². The van der Waals surface area contributed by atoms with Crippen LogP contribution in [0.3, 0.4) is 0 Å². The molecule has 0 spiro atoms. The van der Waals surface area contributed by atoms with Crippen molar-refractivity contribution >= 4 is 17.6 Å². The summed E-state index contributed by atoms with van der Waals surface area (Å²) in [5.74, 6) is -0.641. The minimum absolute atomic E-state index is 0.108. The molecule has 0 fully saturated rings. The standard InChI is InChI=1S/C16H14ClN3O3/c1-23-16(22)12-10(8-18)13(9-4-2-6-19-15(9)17)20-7-3-5-11(21)14(12)20/h2,4,6,11,21H,3,5,7H2,1H3. The first-order chi connectivity index (χ1) is 11.1. The van der Waals surface area contributed by atoms with Gasteiger partial charge in [0, 0.05) is 18.3 Å². The Morgan fingerprint density at radius 2 is 2.39 bits per heavy atom. The van der Waals surface area contributed by atoms with E-state index in [1.165, 1.54) is 7.11 Å². The topological polar surface area (TPSA) is 88.1 Å². The Morgan fingerprint density at radius 1 is 1.61 bits per heavy atom. The average molecular weight is 332 g/mol. The van der Waals surface area contributed by atoms with Crippen LogP contribution in [-0.4, -0.2) is 27.7 Å². The van der Waals surface area contributed by atoms with Gasteiger partial charge in [0.2, 0.25) is 0 Å². The number of fused-ring (bicyclic) bond motifs is 1. The molecule has 1 atom stereocenters. The minimum atomic E-state index is -0.825. The molecular formula is C16H14ClN3O3. The van der Waals surface area contributed by atoms with Crippen LogP contribution in [0.15, 0.2) is 18.3 Å². The number of pyridine rings is 1. The molecule has 2 aromatic rings. The maximum atomic E-state index is 12.2. The third-order valence-electron chi connectivity index (χ3n) is 3.99. The monoisotopic (exact) mass is 331 g/mol. The Balaban J connectivity index is 2.39. The zero-order valence-corrected chi connectivity index (χ0v) is 13.2. The molecular weight excluding hydrogens is 318 g/mol. The predicted octanol–water partition coefficient (Wildman–Crippen LogP) is 2.69. The van der Waals surface area contributed by atoms with Gasteiger partial charge < -0.3 is 14.4 Å². The first-order valence-electron chi connectivity index (χ1n) is 7.13. The van der Waals surface area contributed by atoms with Gasteiger partial charge >= 0.3 is 5.97 Å². The van der Waals surface area contributed by atoms with E-state index in [0.717, 1.165) is 6.42 Å². The Kier molecular flexibility index (Phi) is 4.07. The van der Waals surface area contributed by atoms with Crippen molar-refractivity contribution in [1.82, 2.24) is 9.55 Å². The number of hydrogen-bond acceptors (Lipinski definition) is 5. The summed E-state index contributed by atoms with van der Waals surface area (Å²) in [5.41, 5.74) is 1.73. The van der Waals surface area contributed by atoms with E-state index in [2.05, 4.69) is 11.1 Å². The number of hydrogen-bond donors (Lipinski definition) is 1. The second-order valence-corrected chi connectivity index (χ2v) is 5.60. The Hall–Kier alpha value is -2.36. The fraction of sp³-hybridized carbons (Fsp3) is 0.312. The SMILES string of the molecule is COC(=O)c1c(C#N)c(-c2cccnc2Cl)n2c1C(O)CCC2. The van der Waals surface area contributed by atoms with E-state index < -0.39 is 12.1 Å². The third-order valence-corrected chi connectivity index (χ3v) is 4.30. The summed E-state index contributed by atoms with van der Waals surface area (Å²) >= 11 is 6.18. The minimum Gasteiger partial charge on any atom is -0.465 e. The molecule has 0 bridgehead atoms. The van der Waals surface area contributed by atoms with Crippen LogP contribution in [0.5, 0.6) is 0 Å². The molecule has 0 saturated heterocycles. The summed E-state index contributed by atoms with van der Waals surface area (Å²) in [4.78, 5) is 16.2. The van der Waals surface area contributed by atoms with Crippen LogP contribution in [0.25, 0.3) is 11.3 Å². The van der Waals surface area contributed by atoms with Crippen LogP contribution in [-0.2, 0) is 11.3 Å². The van der Waals surface area contributed by atoms with Crippen molar-refractivity contribution in [2.24, 2.45) is 0 Å². The third kappa shape index (κ3) is 2.38. The van der Waals surface area contributed by atoms with Crippen molar-refractivity contribution < 1.29 is 14.6 Å². The largest absolute Gasteiger partial charge is 0.465 e. The van der Waals surface area contributed by atoms with Gasteiger partial charge in [-0.2, -0.15) is 5.26 Å². The first-order valence-corrected chi connectivity index (χ1v) is 7.51. The van der Waals surface area contributed by atoms with Crippen molar-refractivity contribution in [2.75, 3.05) is 7.11 Å². The Labute approximate surface area is 137 Å². The highest BCUT2D eigenvalue weighted by atomic mass is 35.5. The number of aromatic nitrogens is 2. The Morgan fingerprint density at radius 3 is 3.04 bits per heavy atom. The fourth-order valence-corrected chi connectivity index (χ4v) is 3.26. The van der Waals surface area contributed by atoms with E-state index in [0.29, 0.717) is 29.9 Å². The lowest BCUT2D eigenvalue weighted by atomic mass is 10.0. The van der Waals surface area contributed by atoms with Crippen molar-refractivity contribution in [3.8, 4) is 17.3 Å². The number of aliphatic hydroxyl groups is 1. The number of nitriles is 1. The molecule has 118 valence electrons. The molecule has 3 heterocycles. The van der Waals surface area contributed by atoms with E-state index in [9.17, 15) is 15.2 Å². The molecule has 6 nitrogen and oxygen atoms in total. The van der Waals surface area contributed by atoms with Gasteiger partial charge in [-0.25, -0.2) is 9.78 Å². The molecule has 7 heteroatoms. The molecule has 1 aliphatic heterocycles. The smallest absolute Gasteiger partial charge is 0.341 e. The molecule has 0 aromatic carbocycles. The number of nitrogens with zero attached hydrogens (tertiary/aromatic N) is 3. The maximum absolute atomic E-state index is 12.2. The van der Waals surface area contributed by atoms with Crippen molar-refractivity contribution in [3.05, 3.63) is 40.3 Å². The molecule has 0 amide bonds. The van der Waals surface area contributed by atoms with Gasteiger partial charge in [0.25, 0.3) is 0 Å². The van der Waals surface area contributed by atoms with Gasteiger partial charge in [0.05, 0.1) is 30.2 Å². The number of esters is 1. The van der Waals surface area contributed by atoms with E-state index in [1.54, 1.807) is 22.9 Å². The summed E-state index contributed by atoms with van der Waals surface area (Å²) in [6.45, 7) is 0.582. The van der Waals surface area contributed by atoms with Gasteiger partial charge in [-0.1, -0.05) is 11.6 Å². The number of carbonyl (C=O) groups excluding carboxylic acids is 1. The first kappa shape index (κ1) is 15.5. The highest BCUT2D eigenvalue weighted by Crippen LogP contribution is 2.40. The zero-order chi connectivity index (χ0) is 16.6. The number of rotatable bonds is 2. The maximum Gasteiger partial charge on any atom is 0.341 e. The number of ether oxygens (including phenoxy) is 1. The van der Waals surface area contributed by atoms with Gasteiger partial charge in [0.15, 0.2) is 0 Å². The molecule has 0 radical (unpaired) electrons. The van der Waals surface area contributed by atoms with Crippen molar-refractivity contribution in [1.29, 1.82) is 5.26 Å². The van der Waals surface area contributed by atoms with Crippen LogP contribution < -0.4 is 0 Å². The van der Waals surface area contributed by atoms with Gasteiger partial charge in [-0.05, 0) is 25.0 Å². The normalized spacial score (nSPS) is 16.5. The molecule has 3 rings (SSSR count). The van der Waals surface area contributed by atoms with E-state index in [-0.39, 0.29) is 16.3 Å². The lowest BCUT2D eigenvalue weighted by molar-refractivity contribution is 0.0587. The average Bonchev–Trinajstić information content (AvgIpc) is 2.90. The van der Waals surface area contributed by atoms with Gasteiger partial charge in [0.1, 0.15) is 16.8 Å². The zero-order valence-electron chi connectivity index (χ0n) is 12.4. The molecule has 1 unspecified atom stereocenters. The molecule has 1 aliphatic rings. The highest BCUT2D eigenvalue weighted by Gasteiger charge is 2.34. The van der Waals surface area contributed by atoms with E-state index >= 15 is 0 Å². The second kappa shape index (κ2) is 6.03. The molecule has 23 heavy (non-hydrogen) atoms. The number of halogens is 1. The Bertz CT molecular complexity index is 823. The quantitative estimate of drug-likeness (QED) is 0.675. The lowest BCUT2D eigenvalue weighted by Crippen LogP contribution is -2.18. The highest BCUT2D eigenvalue weighted by molar-refractivity contribution is 6.32. The number of methoxy groups -OCH3 is 1. The number of aliphatic hydroxyl groups excluding tert-OH is 1. The summed E-state index contributed by atoms with van der Waals surface area (Å²) in [6.07, 6.45) is 1.99. The van der Waals surface area contributed by atoms with Crippen LogP contribution in [0.2, 0.25) is 5.15 Å². The summed E-state index contributed by atoms with van der Waals surface area (Å²) < 4.78 is 6.59. The molecule has 0 saturated carbocycles. The van der Waals surface area contributed by atoms with Crippen LogP contribution in [0.4, 0.5) is 0 Å². The lowest BCUT2D eigenvalue weighted by Gasteiger charge is -2.23. The summed E-state index contributed by atoms with van der Waals surface area (Å²) in [5, 5.41) is 20.2. The van der Waals surface area contributed by atoms with E-state index in [1.807, 2.05) is 0 Å². The van der Waals surface area contributed by atoms with Crippen molar-refractivity contribution in [3.63, 3.8) is 0 Å². The second-order valence-electron chi connectivity index (χ2n) is 5.24. The molecule has 1 N–H and O–H groups in total. The van der Waals surface area contributed by atoms with Crippen LogP contribution >= 0.6 is 11.6 Å². The number of carbonyl (C=O) groups is 1. The summed E-state index contributed by atoms with van der Waals surface area (Å²) in [6, 6.07) is 5.51. The van der Waals surface area contributed by atoms with Gasteiger partial charge in [-0.3, -0.25) is 0 Å². The summed E-state index contributed by atoms with van der Waals surface area (Å²) in [7, 11) is 1.25. The fourth-order valence-electron chi connectivity index (χ4n) is 3.06. The van der Waals surface area contributed by atoms with Gasteiger partial charge in [-0.15, -0.1) is 0 Å².